The van der Waals surface area contributed by atoms with E-state index in [1.165, 1.54) is 12.1 Å². The van der Waals surface area contributed by atoms with E-state index >= 15 is 0 Å². The summed E-state index contributed by atoms with van der Waals surface area (Å²) in [6.07, 6.45) is 1.65. The van der Waals surface area contributed by atoms with Crippen LogP contribution in [0.2, 0.25) is 0 Å². The molecule has 0 atom stereocenters. The van der Waals surface area contributed by atoms with Gasteiger partial charge in [-0.05, 0) is 103 Å². The predicted octanol–water partition coefficient (Wildman–Crippen LogP) is 18.6. The van der Waals surface area contributed by atoms with Gasteiger partial charge in [-0.2, -0.15) is 0 Å². The number of phenolic OH excluding ortho intramolecular Hbond substituents is 1. The Labute approximate surface area is 467 Å². The maximum absolute atomic E-state index is 12.8. The molecule has 10 aromatic rings. The van der Waals surface area contributed by atoms with E-state index in [0.29, 0.717) is 44.9 Å². The number of hydrogen-bond donors (Lipinski definition) is 1. The quantitative estimate of drug-likeness (QED) is 0.147. The van der Waals surface area contributed by atoms with Gasteiger partial charge < -0.3 is 5.11 Å². The fourth-order valence-corrected chi connectivity index (χ4v) is 9.76. The van der Waals surface area contributed by atoms with Crippen molar-refractivity contribution < 1.29 is 39.9 Å². The molecule has 374 valence electrons. The first-order valence-corrected chi connectivity index (χ1v) is 24.8. The first-order chi connectivity index (χ1) is 38.9. The molecule has 4 nitrogen and oxygen atoms in total. The number of benzene rings is 8. The number of rotatable bonds is 9. The zero-order chi connectivity index (χ0) is 59.8. The van der Waals surface area contributed by atoms with Gasteiger partial charge in [0.15, 0.2) is 0 Å². The van der Waals surface area contributed by atoms with E-state index < -0.39 is 37.3 Å². The van der Waals surface area contributed by atoms with Crippen molar-refractivity contribution >= 4 is 11.0 Å². The van der Waals surface area contributed by atoms with Crippen molar-refractivity contribution in [3.05, 3.63) is 217 Å². The Balaban J connectivity index is 0.00000846. The van der Waals surface area contributed by atoms with E-state index in [1.54, 1.807) is 24.4 Å². The van der Waals surface area contributed by atoms with Gasteiger partial charge in [0.25, 0.3) is 0 Å². The van der Waals surface area contributed by atoms with Crippen LogP contribution in [0.4, 0.5) is 0 Å². The Morgan fingerprint density at radius 3 is 1.74 bits per heavy atom. The van der Waals surface area contributed by atoms with Crippen LogP contribution in [0.25, 0.3) is 95.0 Å². The van der Waals surface area contributed by atoms with Crippen LogP contribution in [-0.2, 0) is 37.3 Å². The molecule has 10 rings (SSSR count). The second-order valence-electron chi connectivity index (χ2n) is 21.3. The maximum atomic E-state index is 12.8. The summed E-state index contributed by atoms with van der Waals surface area (Å²) < 4.78 is 86.2. The minimum absolute atomic E-state index is 0. The summed E-state index contributed by atoms with van der Waals surface area (Å²) in [4.78, 5) is 10.6. The Bertz CT molecular complexity index is 4000. The van der Waals surface area contributed by atoms with Crippen LogP contribution >= 0.6 is 0 Å². The molecular weight excluding hydrogens is 1080 g/mol. The van der Waals surface area contributed by atoms with Crippen LogP contribution in [0.15, 0.2) is 188 Å². The van der Waals surface area contributed by atoms with Crippen molar-refractivity contribution in [2.24, 2.45) is 0 Å². The third-order valence-electron chi connectivity index (χ3n) is 13.7. The molecule has 5 heteroatoms. The Kier molecular flexibility index (Phi) is 11.0. The van der Waals surface area contributed by atoms with Gasteiger partial charge in [0.05, 0.1) is 22.3 Å². The Morgan fingerprint density at radius 1 is 0.527 bits per heavy atom. The summed E-state index contributed by atoms with van der Waals surface area (Å²) in [5.74, 6) is -0.359. The van der Waals surface area contributed by atoms with Crippen LogP contribution in [0.5, 0.6) is 5.75 Å². The summed E-state index contributed by atoms with van der Waals surface area (Å²) in [7, 11) is 0. The topological polar surface area (TPSA) is 50.9 Å². The molecule has 2 heterocycles. The van der Waals surface area contributed by atoms with Crippen LogP contribution in [0, 0.1) is 6.07 Å². The van der Waals surface area contributed by atoms with Gasteiger partial charge in [-0.15, -0.1) is 23.8 Å². The third-order valence-corrected chi connectivity index (χ3v) is 13.7. The molecule has 0 saturated heterocycles. The minimum atomic E-state index is -3.40. The number of pyridine rings is 1. The van der Waals surface area contributed by atoms with Gasteiger partial charge in [0, 0.05) is 57.8 Å². The molecule has 2 aromatic heterocycles. The molecule has 0 spiro atoms. The van der Waals surface area contributed by atoms with Crippen molar-refractivity contribution in [3.8, 4) is 89.7 Å². The number of imidazole rings is 1. The summed E-state index contributed by atoms with van der Waals surface area (Å²) in [6, 6.07) is 62.1. The van der Waals surface area contributed by atoms with Crippen molar-refractivity contribution in [1.82, 2.24) is 14.5 Å². The standard InChI is InChI=1S/C69H66N3O.Pt/c1-44(2)56-42-58(48-26-19-14-20-27-48)63(43-57(56)47-24-17-13-18-25-47)72-62-29-21-28-55(64(62)71-66(72)59-40-54(68(6,7)8)41-60(65(59)73)69(9,10)11)51-36-50(45-22-15-12-16-23-45)37-52(38-51)61-39-49(34-35-70-61)46-30-32-53(33-31-46)67(3,4)5;/h12-37,39-44,73H,1-11H3;/q-1;/i3D3,4D3,5D3,44D;. The number of phenols is 1. The Hall–Kier alpha value is -7.13. The molecule has 0 radical (unpaired) electrons. The zero-order valence-electron chi connectivity index (χ0n) is 53.0. The second kappa shape index (κ2) is 20.3. The average molecular weight is 1160 g/mol. The molecule has 1 N–H and O–H groups in total. The molecule has 0 aliphatic carbocycles. The van der Waals surface area contributed by atoms with Crippen LogP contribution in [-0.4, -0.2) is 19.6 Å². The molecule has 0 saturated carbocycles. The van der Waals surface area contributed by atoms with Crippen molar-refractivity contribution in [1.29, 1.82) is 0 Å². The molecular formula is C69H66N3OPt-. The van der Waals surface area contributed by atoms with Gasteiger partial charge in [-0.3, -0.25) is 9.55 Å². The number of nitrogens with zero attached hydrogens (tertiary/aromatic N) is 3. The van der Waals surface area contributed by atoms with Gasteiger partial charge in [-0.1, -0.05) is 232 Å². The van der Waals surface area contributed by atoms with Crippen molar-refractivity contribution in [2.75, 3.05) is 0 Å². The zero-order valence-corrected chi connectivity index (χ0v) is 45.3. The molecule has 0 fully saturated rings. The molecule has 0 amide bonds. The Morgan fingerprint density at radius 2 is 1.14 bits per heavy atom. The van der Waals surface area contributed by atoms with Crippen molar-refractivity contribution in [2.45, 2.75) is 98.1 Å². The van der Waals surface area contributed by atoms with Crippen LogP contribution < -0.4 is 0 Å². The normalized spacial score (nSPS) is 14.7. The second-order valence-corrected chi connectivity index (χ2v) is 21.3. The van der Waals surface area contributed by atoms with Gasteiger partial charge in [-0.25, -0.2) is 4.98 Å². The minimum Gasteiger partial charge on any atom is -0.507 e. The van der Waals surface area contributed by atoms with Gasteiger partial charge in [0.1, 0.15) is 11.6 Å². The molecule has 8 aromatic carbocycles. The van der Waals surface area contributed by atoms with Crippen LogP contribution in [0.1, 0.15) is 118 Å². The van der Waals surface area contributed by atoms with Gasteiger partial charge in [0.2, 0.25) is 0 Å². The monoisotopic (exact) mass is 1160 g/mol. The number of aromatic nitrogens is 3. The summed E-state index contributed by atoms with van der Waals surface area (Å²) in [5, 5.41) is 12.8. The number of fused-ring (bicyclic) bond motifs is 1. The van der Waals surface area contributed by atoms with E-state index in [2.05, 4.69) is 113 Å². The number of para-hydroxylation sites is 1. The molecule has 0 unspecified atom stereocenters. The van der Waals surface area contributed by atoms with E-state index in [4.69, 9.17) is 22.3 Å². The van der Waals surface area contributed by atoms with E-state index in [-0.39, 0.29) is 37.8 Å². The van der Waals surface area contributed by atoms with Crippen LogP contribution in [0.3, 0.4) is 0 Å². The number of hydrogen-bond acceptors (Lipinski definition) is 3. The van der Waals surface area contributed by atoms with Gasteiger partial charge >= 0.3 is 0 Å². The maximum Gasteiger partial charge on any atom is 0.148 e. The molecule has 74 heavy (non-hydrogen) atoms. The SMILES string of the molecule is [2H]C(C)(C)c1cc(-c2ccccc2)c(-n2c(-c3cc(C(C)(C)C)cc(C(C)(C)C)c3O)nc3c(-c4[c-]c(-c5cc(-c6ccc(C(C([2H])([2H])[2H])(C([2H])([2H])[2H])C([2H])([2H])[2H])cc6)ccn5)cc(-c5ccccc5)c4)cccc32)cc1-c1ccccc1.[Pt]. The smallest absolute Gasteiger partial charge is 0.148 e. The average Bonchev–Trinajstić information content (AvgIpc) is 1.02. The summed E-state index contributed by atoms with van der Waals surface area (Å²) in [6.45, 7) is 6.46. The molecule has 0 aliphatic rings. The fourth-order valence-electron chi connectivity index (χ4n) is 9.76. The number of aromatic hydroxyl groups is 1. The molecule has 0 aliphatic heterocycles. The fraction of sp³-hybridized carbons (Fsp3) is 0.217. The largest absolute Gasteiger partial charge is 0.507 e. The van der Waals surface area contributed by atoms with E-state index in [0.717, 1.165) is 66.8 Å². The summed E-state index contributed by atoms with van der Waals surface area (Å²) in [5.41, 5.74) is 10.5. The summed E-state index contributed by atoms with van der Waals surface area (Å²) >= 11 is 0. The first-order valence-electron chi connectivity index (χ1n) is 29.8. The predicted molar refractivity (Wildman–Crippen MR) is 308 cm³/mol. The third kappa shape index (κ3) is 10.2. The van der Waals surface area contributed by atoms with Crippen molar-refractivity contribution in [3.63, 3.8) is 0 Å². The van der Waals surface area contributed by atoms with E-state index in [1.807, 2.05) is 105 Å². The van der Waals surface area contributed by atoms with E-state index in [9.17, 15) is 6.48 Å². The first kappa shape index (κ1) is 40.3. The molecule has 0 bridgehead atoms.